The molecule has 2 aromatic rings. The van der Waals surface area contributed by atoms with Gasteiger partial charge in [-0.2, -0.15) is 8.42 Å². The molecule has 3 aliphatic heterocycles. The van der Waals surface area contributed by atoms with Crippen molar-refractivity contribution in [2.75, 3.05) is 31.1 Å². The van der Waals surface area contributed by atoms with Gasteiger partial charge in [-0.3, -0.25) is 4.79 Å². The van der Waals surface area contributed by atoms with Gasteiger partial charge < -0.3 is 15.1 Å². The van der Waals surface area contributed by atoms with Crippen LogP contribution in [-0.2, 0) is 21.4 Å². The van der Waals surface area contributed by atoms with Gasteiger partial charge in [0.25, 0.3) is 10.0 Å². The highest BCUT2D eigenvalue weighted by molar-refractivity contribution is 7.90. The highest BCUT2D eigenvalue weighted by Gasteiger charge is 2.34. The zero-order valence-electron chi connectivity index (χ0n) is 18.6. The number of nitrogens with zero attached hydrogens (tertiary/aromatic N) is 4. The first-order valence-corrected chi connectivity index (χ1v) is 13.1. The number of benzene rings is 1. The molecule has 0 aliphatic carbocycles. The molecular weight excluding hydrogens is 438 g/mol. The van der Waals surface area contributed by atoms with Crippen LogP contribution in [0.15, 0.2) is 51.9 Å². The first-order chi connectivity index (χ1) is 16.0. The van der Waals surface area contributed by atoms with Crippen LogP contribution in [0.5, 0.6) is 0 Å². The molecule has 1 aromatic carbocycles. The predicted molar refractivity (Wildman–Crippen MR) is 127 cm³/mol. The van der Waals surface area contributed by atoms with Gasteiger partial charge in [0.1, 0.15) is 10.7 Å². The van der Waals surface area contributed by atoms with Crippen molar-refractivity contribution in [3.05, 3.63) is 53.7 Å². The summed E-state index contributed by atoms with van der Waals surface area (Å²) in [6, 6.07) is 11.0. The van der Waals surface area contributed by atoms with Crippen LogP contribution in [0.25, 0.3) is 0 Å². The maximum atomic E-state index is 12.7. The zero-order valence-corrected chi connectivity index (χ0v) is 19.4. The van der Waals surface area contributed by atoms with E-state index < -0.39 is 10.0 Å². The van der Waals surface area contributed by atoms with E-state index in [0.717, 1.165) is 24.5 Å². The number of fused-ring (bicyclic) bond motifs is 1. The molecule has 0 saturated carbocycles. The number of nitrogens with one attached hydrogen (secondary N) is 1. The molecule has 2 fully saturated rings. The van der Waals surface area contributed by atoms with Crippen molar-refractivity contribution in [2.45, 2.75) is 43.5 Å². The molecule has 33 heavy (non-hydrogen) atoms. The third-order valence-corrected chi connectivity index (χ3v) is 8.06. The monoisotopic (exact) mass is 467 g/mol. The lowest BCUT2D eigenvalue weighted by atomic mass is 9.95. The summed E-state index contributed by atoms with van der Waals surface area (Å²) in [5, 5.41) is 3.04. The van der Waals surface area contributed by atoms with Gasteiger partial charge in [-0.25, -0.2) is 4.98 Å². The molecule has 1 amide bonds. The molecule has 5 rings (SSSR count). The molecule has 0 radical (unpaired) electrons. The molecule has 0 unspecified atom stereocenters. The van der Waals surface area contributed by atoms with Gasteiger partial charge in [0.2, 0.25) is 5.91 Å². The van der Waals surface area contributed by atoms with Crippen molar-refractivity contribution in [2.24, 2.45) is 10.3 Å². The van der Waals surface area contributed by atoms with Crippen LogP contribution in [0.4, 0.5) is 5.82 Å². The minimum absolute atomic E-state index is 0.0381. The largest absolute Gasteiger partial charge is 0.357 e. The molecule has 9 heteroatoms. The lowest BCUT2D eigenvalue weighted by Gasteiger charge is -2.32. The Morgan fingerprint density at radius 3 is 2.45 bits per heavy atom. The molecular formula is C24H29N5O3S. The summed E-state index contributed by atoms with van der Waals surface area (Å²) in [6.07, 6.45) is 6.91. The highest BCUT2D eigenvalue weighted by atomic mass is 32.2. The van der Waals surface area contributed by atoms with Crippen LogP contribution in [0.2, 0.25) is 0 Å². The molecule has 1 N–H and O–H groups in total. The second-order valence-electron chi connectivity index (χ2n) is 8.94. The van der Waals surface area contributed by atoms with Crippen LogP contribution < -0.4 is 10.2 Å². The van der Waals surface area contributed by atoms with Crippen LogP contribution in [0.3, 0.4) is 0 Å². The van der Waals surface area contributed by atoms with Crippen molar-refractivity contribution in [3.8, 4) is 0 Å². The first kappa shape index (κ1) is 21.9. The fourth-order valence-corrected chi connectivity index (χ4v) is 6.06. The Balaban J connectivity index is 1.13. The molecule has 3 aliphatic rings. The molecule has 0 bridgehead atoms. The Kier molecular flexibility index (Phi) is 6.05. The van der Waals surface area contributed by atoms with E-state index in [1.54, 1.807) is 18.2 Å². The number of hydrogen-bond donors (Lipinski definition) is 1. The summed E-state index contributed by atoms with van der Waals surface area (Å²) in [4.78, 5) is 21.9. The van der Waals surface area contributed by atoms with Crippen LogP contribution in [-0.4, -0.2) is 56.2 Å². The number of hydrogen-bond acceptors (Lipinski definition) is 6. The quantitative estimate of drug-likeness (QED) is 0.743. The Hall–Kier alpha value is -2.94. The zero-order chi connectivity index (χ0) is 22.8. The van der Waals surface area contributed by atoms with E-state index in [1.165, 1.54) is 19.3 Å². The summed E-state index contributed by atoms with van der Waals surface area (Å²) in [5.74, 6) is 1.46. The predicted octanol–water partition coefficient (Wildman–Crippen LogP) is 2.55. The number of carbonyl (C=O) groups excluding carboxylic acids is 1. The van der Waals surface area contributed by atoms with E-state index in [4.69, 9.17) is 0 Å². The molecule has 4 heterocycles. The van der Waals surface area contributed by atoms with Crippen molar-refractivity contribution in [3.63, 3.8) is 0 Å². The Bertz CT molecular complexity index is 1150. The number of aromatic nitrogens is 1. The number of sulfonamides is 1. The molecule has 174 valence electrons. The second kappa shape index (κ2) is 9.13. The minimum Gasteiger partial charge on any atom is -0.357 e. The molecule has 0 spiro atoms. The van der Waals surface area contributed by atoms with Gasteiger partial charge in [-0.1, -0.05) is 18.2 Å². The number of amides is 1. The number of piperidine rings is 2. The number of pyridine rings is 1. The number of likely N-dealkylation sites (tertiary alicyclic amines) is 1. The summed E-state index contributed by atoms with van der Waals surface area (Å²) in [7, 11) is -3.63. The Labute approximate surface area is 194 Å². The Morgan fingerprint density at radius 1 is 0.970 bits per heavy atom. The van der Waals surface area contributed by atoms with Gasteiger partial charge in [-0.05, 0) is 55.9 Å². The van der Waals surface area contributed by atoms with Gasteiger partial charge in [-0.15, -0.1) is 4.40 Å². The van der Waals surface area contributed by atoms with Crippen LogP contribution in [0.1, 0.15) is 43.2 Å². The van der Waals surface area contributed by atoms with Crippen molar-refractivity contribution < 1.29 is 13.2 Å². The SMILES string of the molecule is O=C(NCc1ccc(N2CCCCC2)nc1)C1CCN(C2=NS(=O)(=O)c3ccccc32)CC1. The van der Waals surface area contributed by atoms with Crippen LogP contribution >= 0.6 is 0 Å². The third-order valence-electron chi connectivity index (χ3n) is 6.73. The summed E-state index contributed by atoms with van der Waals surface area (Å²) in [5.41, 5.74) is 1.64. The van der Waals surface area contributed by atoms with Crippen LogP contribution in [0, 0.1) is 5.92 Å². The van der Waals surface area contributed by atoms with Gasteiger partial charge in [0, 0.05) is 50.4 Å². The molecule has 0 atom stereocenters. The summed E-state index contributed by atoms with van der Waals surface area (Å²) < 4.78 is 28.6. The normalized spacial score (nSPS) is 20.3. The average molecular weight is 468 g/mol. The van der Waals surface area contributed by atoms with E-state index in [-0.39, 0.29) is 16.7 Å². The highest BCUT2D eigenvalue weighted by Crippen LogP contribution is 2.29. The minimum atomic E-state index is -3.63. The van der Waals surface area contributed by atoms with Crippen molar-refractivity contribution in [1.29, 1.82) is 0 Å². The standard InChI is InChI=1S/C24H29N5O3S/c30-24(26-17-18-8-9-22(25-16-18)28-12-4-1-5-13-28)19-10-14-29(15-11-19)23-20-6-2-3-7-21(20)33(31,32)27-23/h2-3,6-9,16,19H,1,4-5,10-15,17H2,(H,26,30). The van der Waals surface area contributed by atoms with Gasteiger partial charge in [0.05, 0.1) is 0 Å². The Morgan fingerprint density at radius 2 is 1.73 bits per heavy atom. The molecule has 8 nitrogen and oxygen atoms in total. The smallest absolute Gasteiger partial charge is 0.285 e. The number of carbonyl (C=O) groups is 1. The van der Waals surface area contributed by atoms with E-state index >= 15 is 0 Å². The summed E-state index contributed by atoms with van der Waals surface area (Å²) >= 11 is 0. The lowest BCUT2D eigenvalue weighted by molar-refractivity contribution is -0.126. The van der Waals surface area contributed by atoms with Crippen molar-refractivity contribution >= 4 is 27.6 Å². The van der Waals surface area contributed by atoms with Gasteiger partial charge in [0.15, 0.2) is 5.84 Å². The van der Waals surface area contributed by atoms with E-state index in [0.29, 0.717) is 43.9 Å². The fourth-order valence-electron chi connectivity index (χ4n) is 4.83. The van der Waals surface area contributed by atoms with Crippen molar-refractivity contribution in [1.82, 2.24) is 15.2 Å². The van der Waals surface area contributed by atoms with E-state index in [1.807, 2.05) is 29.3 Å². The van der Waals surface area contributed by atoms with E-state index in [2.05, 4.69) is 19.6 Å². The molecule has 1 aromatic heterocycles. The number of rotatable bonds is 4. The first-order valence-electron chi connectivity index (χ1n) is 11.7. The summed E-state index contributed by atoms with van der Waals surface area (Å²) in [6.45, 7) is 3.79. The topological polar surface area (TPSA) is 95.0 Å². The maximum absolute atomic E-state index is 12.7. The number of anilines is 1. The maximum Gasteiger partial charge on any atom is 0.285 e. The number of amidine groups is 1. The van der Waals surface area contributed by atoms with E-state index in [9.17, 15) is 13.2 Å². The lowest BCUT2D eigenvalue weighted by Crippen LogP contribution is -2.42. The van der Waals surface area contributed by atoms with Gasteiger partial charge >= 0.3 is 0 Å². The third kappa shape index (κ3) is 4.59. The fraction of sp³-hybridized carbons (Fsp3) is 0.458. The second-order valence-corrected chi connectivity index (χ2v) is 10.5. The average Bonchev–Trinajstić information content (AvgIpc) is 3.14. The molecule has 2 saturated heterocycles.